The molecular formula is C14H19N3O4. The molecule has 1 heterocycles. The maximum atomic E-state index is 5.90. The molecule has 114 valence electrons. The first-order chi connectivity index (χ1) is 10.2. The lowest BCUT2D eigenvalue weighted by atomic mass is 10.1. The van der Waals surface area contributed by atoms with Crippen LogP contribution in [0, 0.1) is 0 Å². The van der Waals surface area contributed by atoms with Crippen LogP contribution in [-0.2, 0) is 0 Å². The van der Waals surface area contributed by atoms with Crippen molar-refractivity contribution < 1.29 is 18.7 Å². The minimum atomic E-state index is -0.256. The third-order valence-electron chi connectivity index (χ3n) is 3.15. The summed E-state index contributed by atoms with van der Waals surface area (Å²) in [5.74, 6) is 2.29. The predicted octanol–water partition coefficient (Wildman–Crippen LogP) is 2.17. The third-order valence-corrected chi connectivity index (χ3v) is 3.15. The van der Waals surface area contributed by atoms with E-state index in [1.54, 1.807) is 19.2 Å². The number of aromatic nitrogens is 2. The summed E-state index contributed by atoms with van der Waals surface area (Å²) in [5.41, 5.74) is 6.52. The Morgan fingerprint density at radius 1 is 1.14 bits per heavy atom. The van der Waals surface area contributed by atoms with E-state index in [4.69, 9.17) is 24.5 Å². The molecule has 7 nitrogen and oxygen atoms in total. The zero-order chi connectivity index (χ0) is 15.4. The van der Waals surface area contributed by atoms with Gasteiger partial charge in [-0.15, -0.1) is 0 Å². The highest BCUT2D eigenvalue weighted by atomic mass is 16.5. The Bertz CT molecular complexity index is 612. The van der Waals surface area contributed by atoms with Crippen LogP contribution in [-0.4, -0.2) is 31.5 Å². The van der Waals surface area contributed by atoms with Gasteiger partial charge in [0, 0.05) is 0 Å². The number of nitrogens with zero attached hydrogens (tertiary/aromatic N) is 2. The average molecular weight is 293 g/mol. The van der Waals surface area contributed by atoms with Gasteiger partial charge in [-0.05, 0) is 18.6 Å². The third kappa shape index (κ3) is 2.78. The summed E-state index contributed by atoms with van der Waals surface area (Å²) >= 11 is 0. The Labute approximate surface area is 123 Å². The first-order valence-electron chi connectivity index (χ1n) is 6.54. The molecule has 2 rings (SSSR count). The molecule has 0 aliphatic rings. The first kappa shape index (κ1) is 15.1. The maximum Gasteiger partial charge on any atom is 0.261 e. The minimum Gasteiger partial charge on any atom is -0.493 e. The lowest BCUT2D eigenvalue weighted by Gasteiger charge is -2.13. The van der Waals surface area contributed by atoms with Crippen molar-refractivity contribution in [1.82, 2.24) is 10.1 Å². The van der Waals surface area contributed by atoms with Crippen molar-refractivity contribution in [2.75, 3.05) is 21.3 Å². The summed E-state index contributed by atoms with van der Waals surface area (Å²) in [5, 5.41) is 3.90. The van der Waals surface area contributed by atoms with Crippen molar-refractivity contribution in [2.24, 2.45) is 5.73 Å². The van der Waals surface area contributed by atoms with Crippen LogP contribution in [0.25, 0.3) is 11.5 Å². The van der Waals surface area contributed by atoms with Crippen molar-refractivity contribution in [2.45, 2.75) is 19.4 Å². The van der Waals surface area contributed by atoms with E-state index < -0.39 is 0 Å². The van der Waals surface area contributed by atoms with E-state index in [1.807, 2.05) is 6.92 Å². The molecule has 0 amide bonds. The maximum absolute atomic E-state index is 5.90. The highest BCUT2D eigenvalue weighted by Gasteiger charge is 2.22. The number of rotatable bonds is 6. The number of nitrogens with two attached hydrogens (primary N) is 1. The SMILES string of the molecule is CCC(N)c1noc(-c2ccc(OC)c(OC)c2OC)n1. The molecule has 2 N–H and O–H groups in total. The fourth-order valence-electron chi connectivity index (χ4n) is 1.95. The van der Waals surface area contributed by atoms with Crippen LogP contribution in [0.15, 0.2) is 16.7 Å². The summed E-state index contributed by atoms with van der Waals surface area (Å²) in [6.45, 7) is 1.96. The van der Waals surface area contributed by atoms with E-state index >= 15 is 0 Å². The van der Waals surface area contributed by atoms with Crippen LogP contribution in [0.1, 0.15) is 25.2 Å². The standard InChI is InChI=1S/C14H19N3O4/c1-5-9(15)13-16-14(21-17-13)8-6-7-10(18-2)12(20-4)11(8)19-3/h6-7,9H,5,15H2,1-4H3. The van der Waals surface area contributed by atoms with Crippen LogP contribution < -0.4 is 19.9 Å². The molecule has 7 heteroatoms. The van der Waals surface area contributed by atoms with Crippen LogP contribution in [0.5, 0.6) is 17.2 Å². The van der Waals surface area contributed by atoms with Crippen LogP contribution in [0.3, 0.4) is 0 Å². The molecule has 1 unspecified atom stereocenters. The zero-order valence-electron chi connectivity index (χ0n) is 12.5. The van der Waals surface area contributed by atoms with Gasteiger partial charge < -0.3 is 24.5 Å². The molecule has 0 saturated carbocycles. The van der Waals surface area contributed by atoms with Crippen LogP contribution >= 0.6 is 0 Å². The van der Waals surface area contributed by atoms with Gasteiger partial charge in [0.25, 0.3) is 5.89 Å². The molecule has 0 fully saturated rings. The van der Waals surface area contributed by atoms with Crippen molar-refractivity contribution in [3.63, 3.8) is 0 Å². The Morgan fingerprint density at radius 2 is 1.86 bits per heavy atom. The quantitative estimate of drug-likeness (QED) is 0.872. The van der Waals surface area contributed by atoms with Gasteiger partial charge in [-0.2, -0.15) is 4.98 Å². The largest absolute Gasteiger partial charge is 0.493 e. The number of hydrogen-bond acceptors (Lipinski definition) is 7. The highest BCUT2D eigenvalue weighted by molar-refractivity contribution is 5.71. The lowest BCUT2D eigenvalue weighted by Crippen LogP contribution is -2.10. The average Bonchev–Trinajstić information content (AvgIpc) is 3.02. The van der Waals surface area contributed by atoms with E-state index in [-0.39, 0.29) is 6.04 Å². The molecule has 0 aliphatic heterocycles. The number of benzene rings is 1. The summed E-state index contributed by atoms with van der Waals surface area (Å²) in [4.78, 5) is 4.31. The zero-order valence-corrected chi connectivity index (χ0v) is 12.5. The molecule has 0 saturated heterocycles. The van der Waals surface area contributed by atoms with Gasteiger partial charge in [0.05, 0.1) is 32.9 Å². The molecule has 1 aromatic carbocycles. The number of methoxy groups -OCH3 is 3. The molecule has 2 aromatic rings. The second-order valence-electron chi connectivity index (χ2n) is 4.35. The van der Waals surface area contributed by atoms with Gasteiger partial charge in [0.15, 0.2) is 17.3 Å². The smallest absolute Gasteiger partial charge is 0.261 e. The van der Waals surface area contributed by atoms with Gasteiger partial charge in [-0.3, -0.25) is 0 Å². The Morgan fingerprint density at radius 3 is 2.43 bits per heavy atom. The van der Waals surface area contributed by atoms with E-state index in [2.05, 4.69) is 10.1 Å². The molecule has 1 aromatic heterocycles. The summed E-state index contributed by atoms with van der Waals surface area (Å²) in [6, 6.07) is 3.27. The molecule has 0 spiro atoms. The highest BCUT2D eigenvalue weighted by Crippen LogP contribution is 2.43. The normalized spacial score (nSPS) is 12.0. The Balaban J connectivity index is 2.51. The lowest BCUT2D eigenvalue weighted by molar-refractivity contribution is 0.324. The van der Waals surface area contributed by atoms with Gasteiger partial charge in [-0.25, -0.2) is 0 Å². The van der Waals surface area contributed by atoms with Crippen molar-refractivity contribution in [3.05, 3.63) is 18.0 Å². The molecule has 1 atom stereocenters. The molecule has 0 radical (unpaired) electrons. The first-order valence-corrected chi connectivity index (χ1v) is 6.54. The molecule has 0 bridgehead atoms. The fraction of sp³-hybridized carbons (Fsp3) is 0.429. The number of ether oxygens (including phenoxy) is 3. The van der Waals surface area contributed by atoms with Crippen LogP contribution in [0.2, 0.25) is 0 Å². The Kier molecular flexibility index (Phi) is 4.64. The topological polar surface area (TPSA) is 92.6 Å². The number of hydrogen-bond donors (Lipinski definition) is 1. The van der Waals surface area contributed by atoms with Gasteiger partial charge in [-0.1, -0.05) is 12.1 Å². The van der Waals surface area contributed by atoms with Crippen molar-refractivity contribution in [1.29, 1.82) is 0 Å². The van der Waals surface area contributed by atoms with Crippen LogP contribution in [0.4, 0.5) is 0 Å². The predicted molar refractivity (Wildman–Crippen MR) is 76.6 cm³/mol. The second kappa shape index (κ2) is 6.45. The summed E-state index contributed by atoms with van der Waals surface area (Å²) in [6.07, 6.45) is 0.724. The fourth-order valence-corrected chi connectivity index (χ4v) is 1.95. The van der Waals surface area contributed by atoms with Crippen molar-refractivity contribution >= 4 is 0 Å². The Hall–Kier alpha value is -2.28. The summed E-state index contributed by atoms with van der Waals surface area (Å²) < 4.78 is 21.2. The molecule has 0 aliphatic carbocycles. The van der Waals surface area contributed by atoms with E-state index in [1.165, 1.54) is 14.2 Å². The van der Waals surface area contributed by atoms with E-state index in [0.29, 0.717) is 34.5 Å². The van der Waals surface area contributed by atoms with Gasteiger partial charge in [0.2, 0.25) is 5.75 Å². The van der Waals surface area contributed by atoms with Gasteiger partial charge in [0.1, 0.15) is 0 Å². The minimum absolute atomic E-state index is 0.256. The second-order valence-corrected chi connectivity index (χ2v) is 4.35. The molecule has 21 heavy (non-hydrogen) atoms. The van der Waals surface area contributed by atoms with E-state index in [9.17, 15) is 0 Å². The van der Waals surface area contributed by atoms with E-state index in [0.717, 1.165) is 6.42 Å². The monoisotopic (exact) mass is 293 g/mol. The molecular weight excluding hydrogens is 274 g/mol. The van der Waals surface area contributed by atoms with Crippen molar-refractivity contribution in [3.8, 4) is 28.7 Å². The summed E-state index contributed by atoms with van der Waals surface area (Å²) in [7, 11) is 4.63. The van der Waals surface area contributed by atoms with Gasteiger partial charge >= 0.3 is 0 Å².